The zero-order chi connectivity index (χ0) is 21.7. The molecule has 0 N–H and O–H groups in total. The van der Waals surface area contributed by atoms with Crippen LogP contribution in [0.1, 0.15) is 40.3 Å². The van der Waals surface area contributed by atoms with Crippen molar-refractivity contribution in [1.82, 2.24) is 9.78 Å². The van der Waals surface area contributed by atoms with Crippen molar-refractivity contribution < 1.29 is 23.8 Å². The van der Waals surface area contributed by atoms with E-state index in [1.54, 1.807) is 12.1 Å². The second-order valence-electron chi connectivity index (χ2n) is 6.86. The SMILES string of the molecule is COC(=O)c1c(-c2cccc(COC(C)C)c2)nn(-c2ccccc2)c1C(=O)OC. The Hall–Kier alpha value is -3.45. The van der Waals surface area contributed by atoms with Crippen LogP contribution in [0.15, 0.2) is 54.6 Å². The maximum Gasteiger partial charge on any atom is 0.357 e. The van der Waals surface area contributed by atoms with Crippen LogP contribution in [0.3, 0.4) is 0 Å². The van der Waals surface area contributed by atoms with Crippen LogP contribution in [0.2, 0.25) is 0 Å². The molecule has 0 aliphatic carbocycles. The van der Waals surface area contributed by atoms with Crippen molar-refractivity contribution in [2.45, 2.75) is 26.6 Å². The van der Waals surface area contributed by atoms with Crippen molar-refractivity contribution >= 4 is 11.9 Å². The second-order valence-corrected chi connectivity index (χ2v) is 6.86. The van der Waals surface area contributed by atoms with Gasteiger partial charge in [-0.1, -0.05) is 36.4 Å². The Balaban J connectivity index is 2.22. The molecule has 0 spiro atoms. The standard InChI is InChI=1S/C23H24N2O5/c1-15(2)30-14-16-9-8-10-17(13-16)20-19(22(26)28-3)21(23(27)29-4)25(24-20)18-11-6-5-7-12-18/h5-13,15H,14H2,1-4H3. The second kappa shape index (κ2) is 9.37. The fraction of sp³-hybridized carbons (Fsp3) is 0.261. The number of esters is 2. The summed E-state index contributed by atoms with van der Waals surface area (Å²) >= 11 is 0. The highest BCUT2D eigenvalue weighted by Gasteiger charge is 2.31. The van der Waals surface area contributed by atoms with Crippen LogP contribution in [0.5, 0.6) is 0 Å². The summed E-state index contributed by atoms with van der Waals surface area (Å²) in [6.45, 7) is 4.34. The Morgan fingerprint density at radius 1 is 0.967 bits per heavy atom. The zero-order valence-electron chi connectivity index (χ0n) is 17.4. The molecule has 2 aromatic carbocycles. The number of para-hydroxylation sites is 1. The first-order valence-electron chi connectivity index (χ1n) is 9.52. The molecule has 1 aromatic heterocycles. The van der Waals surface area contributed by atoms with E-state index in [4.69, 9.17) is 14.2 Å². The van der Waals surface area contributed by atoms with Gasteiger partial charge in [-0.3, -0.25) is 0 Å². The Morgan fingerprint density at radius 2 is 1.67 bits per heavy atom. The molecular formula is C23H24N2O5. The Kier molecular flexibility index (Phi) is 6.64. The number of hydrogen-bond donors (Lipinski definition) is 0. The first-order valence-corrected chi connectivity index (χ1v) is 9.52. The molecule has 0 fully saturated rings. The summed E-state index contributed by atoms with van der Waals surface area (Å²) < 4.78 is 17.0. The third-order valence-corrected chi connectivity index (χ3v) is 4.44. The quantitative estimate of drug-likeness (QED) is 0.549. The van der Waals surface area contributed by atoms with E-state index in [0.717, 1.165) is 5.56 Å². The average molecular weight is 408 g/mol. The highest BCUT2D eigenvalue weighted by molar-refractivity contribution is 6.06. The predicted octanol–water partition coefficient (Wildman–Crippen LogP) is 4.04. The van der Waals surface area contributed by atoms with Crippen molar-refractivity contribution in [3.63, 3.8) is 0 Å². The van der Waals surface area contributed by atoms with Crippen LogP contribution in [0.25, 0.3) is 16.9 Å². The molecule has 0 bridgehead atoms. The normalized spacial score (nSPS) is 10.8. The molecule has 0 amide bonds. The molecule has 0 radical (unpaired) electrons. The van der Waals surface area contributed by atoms with Gasteiger partial charge in [-0.2, -0.15) is 5.10 Å². The molecule has 156 valence electrons. The molecule has 1 heterocycles. The lowest BCUT2D eigenvalue weighted by molar-refractivity contribution is 0.0549. The topological polar surface area (TPSA) is 79.7 Å². The van der Waals surface area contributed by atoms with Gasteiger partial charge in [0.1, 0.15) is 11.3 Å². The van der Waals surface area contributed by atoms with Gasteiger partial charge in [-0.15, -0.1) is 0 Å². The molecule has 0 unspecified atom stereocenters. The van der Waals surface area contributed by atoms with Crippen LogP contribution in [-0.4, -0.2) is 42.0 Å². The summed E-state index contributed by atoms with van der Waals surface area (Å²) in [6.07, 6.45) is 0.0857. The number of rotatable bonds is 7. The lowest BCUT2D eigenvalue weighted by atomic mass is 10.0. The number of nitrogens with zero attached hydrogens (tertiary/aromatic N) is 2. The van der Waals surface area contributed by atoms with Gasteiger partial charge in [0.15, 0.2) is 5.69 Å². The summed E-state index contributed by atoms with van der Waals surface area (Å²) in [6, 6.07) is 16.6. The molecule has 0 atom stereocenters. The van der Waals surface area contributed by atoms with Crippen LogP contribution in [0, 0.1) is 0 Å². The minimum atomic E-state index is -0.683. The minimum Gasteiger partial charge on any atom is -0.465 e. The van der Waals surface area contributed by atoms with Gasteiger partial charge in [-0.05, 0) is 37.6 Å². The van der Waals surface area contributed by atoms with Crippen LogP contribution >= 0.6 is 0 Å². The van der Waals surface area contributed by atoms with Gasteiger partial charge < -0.3 is 14.2 Å². The summed E-state index contributed by atoms with van der Waals surface area (Å²) in [4.78, 5) is 25.3. The monoisotopic (exact) mass is 408 g/mol. The lowest BCUT2D eigenvalue weighted by Gasteiger charge is -2.09. The molecule has 30 heavy (non-hydrogen) atoms. The fourth-order valence-corrected chi connectivity index (χ4v) is 3.03. The van der Waals surface area contributed by atoms with Crippen LogP contribution < -0.4 is 0 Å². The largest absolute Gasteiger partial charge is 0.465 e. The van der Waals surface area contributed by atoms with E-state index in [-0.39, 0.29) is 17.4 Å². The molecule has 7 nitrogen and oxygen atoms in total. The number of hydrogen-bond acceptors (Lipinski definition) is 6. The maximum atomic E-state index is 12.7. The summed E-state index contributed by atoms with van der Waals surface area (Å²) in [7, 11) is 2.52. The number of carbonyl (C=O) groups is 2. The van der Waals surface area contributed by atoms with E-state index >= 15 is 0 Å². The molecule has 7 heteroatoms. The van der Waals surface area contributed by atoms with Gasteiger partial charge in [-0.25, -0.2) is 14.3 Å². The molecule has 0 saturated heterocycles. The maximum absolute atomic E-state index is 12.7. The van der Waals surface area contributed by atoms with Gasteiger partial charge in [0.2, 0.25) is 0 Å². The van der Waals surface area contributed by atoms with Crippen molar-refractivity contribution in [1.29, 1.82) is 0 Å². The average Bonchev–Trinajstić information content (AvgIpc) is 3.18. The Morgan fingerprint density at radius 3 is 2.30 bits per heavy atom. The number of ether oxygens (including phenoxy) is 3. The zero-order valence-corrected chi connectivity index (χ0v) is 17.4. The van der Waals surface area contributed by atoms with Crippen molar-refractivity contribution in [2.75, 3.05) is 14.2 Å². The smallest absolute Gasteiger partial charge is 0.357 e. The van der Waals surface area contributed by atoms with Crippen molar-refractivity contribution in [3.8, 4) is 16.9 Å². The number of aromatic nitrogens is 2. The third kappa shape index (κ3) is 4.41. The molecule has 0 saturated carbocycles. The van der Waals surface area contributed by atoms with Crippen LogP contribution in [0.4, 0.5) is 0 Å². The highest BCUT2D eigenvalue weighted by atomic mass is 16.5. The Labute approximate surface area is 175 Å². The number of benzene rings is 2. The minimum absolute atomic E-state index is 0.00869. The fourth-order valence-electron chi connectivity index (χ4n) is 3.03. The van der Waals surface area contributed by atoms with Gasteiger partial charge >= 0.3 is 11.9 Å². The number of carbonyl (C=O) groups excluding carboxylic acids is 2. The Bertz CT molecular complexity index is 1040. The van der Waals surface area contributed by atoms with E-state index < -0.39 is 11.9 Å². The summed E-state index contributed by atoms with van der Waals surface area (Å²) in [5, 5.41) is 4.60. The highest BCUT2D eigenvalue weighted by Crippen LogP contribution is 2.30. The lowest BCUT2D eigenvalue weighted by Crippen LogP contribution is -2.15. The van der Waals surface area contributed by atoms with Crippen molar-refractivity contribution in [3.05, 3.63) is 71.4 Å². The first kappa shape index (κ1) is 21.3. The van der Waals surface area contributed by atoms with Crippen LogP contribution in [-0.2, 0) is 20.8 Å². The molecular weight excluding hydrogens is 384 g/mol. The van der Waals surface area contributed by atoms with E-state index in [1.807, 2.05) is 56.3 Å². The summed E-state index contributed by atoms with van der Waals surface area (Å²) in [5.74, 6) is -1.35. The first-order chi connectivity index (χ1) is 14.5. The van der Waals surface area contributed by atoms with Crippen molar-refractivity contribution in [2.24, 2.45) is 0 Å². The third-order valence-electron chi connectivity index (χ3n) is 4.44. The van der Waals surface area contributed by atoms with Gasteiger partial charge in [0.25, 0.3) is 0 Å². The summed E-state index contributed by atoms with van der Waals surface area (Å²) in [5.41, 5.74) is 2.60. The predicted molar refractivity (Wildman–Crippen MR) is 112 cm³/mol. The van der Waals surface area contributed by atoms with E-state index in [2.05, 4.69) is 5.10 Å². The molecule has 3 rings (SSSR count). The van der Waals surface area contributed by atoms with Gasteiger partial charge in [0, 0.05) is 5.56 Å². The molecule has 0 aliphatic heterocycles. The molecule has 3 aromatic rings. The van der Waals surface area contributed by atoms with E-state index in [0.29, 0.717) is 23.6 Å². The van der Waals surface area contributed by atoms with E-state index in [1.165, 1.54) is 18.9 Å². The van der Waals surface area contributed by atoms with E-state index in [9.17, 15) is 9.59 Å². The van der Waals surface area contributed by atoms with Gasteiger partial charge in [0.05, 0.1) is 32.6 Å². The number of methoxy groups -OCH3 is 2. The molecule has 0 aliphatic rings.